The maximum absolute atomic E-state index is 12.3. The lowest BCUT2D eigenvalue weighted by Crippen LogP contribution is -2.42. The molecule has 1 aliphatic heterocycles. The number of hydrogen-bond acceptors (Lipinski definition) is 2. The summed E-state index contributed by atoms with van der Waals surface area (Å²) in [4.78, 5) is 0. The van der Waals surface area contributed by atoms with Crippen molar-refractivity contribution < 1.29 is 35.8 Å². The van der Waals surface area contributed by atoms with Crippen molar-refractivity contribution in [3.63, 3.8) is 0 Å². The summed E-state index contributed by atoms with van der Waals surface area (Å²) >= 11 is 0. The summed E-state index contributed by atoms with van der Waals surface area (Å²) in [5, 5.41) is 0. The van der Waals surface area contributed by atoms with E-state index in [2.05, 4.69) is 9.47 Å². The van der Waals surface area contributed by atoms with Gasteiger partial charge in [0, 0.05) is 0 Å². The second kappa shape index (κ2) is 2.49. The largest absolute Gasteiger partial charge is 0.478 e. The van der Waals surface area contributed by atoms with Gasteiger partial charge < -0.3 is 0 Å². The van der Waals surface area contributed by atoms with E-state index >= 15 is 0 Å². The van der Waals surface area contributed by atoms with Crippen molar-refractivity contribution in [3.8, 4) is 0 Å². The Morgan fingerprint density at radius 3 is 1.50 bits per heavy atom. The van der Waals surface area contributed by atoms with E-state index in [9.17, 15) is 26.3 Å². The predicted octanol–water partition coefficient (Wildman–Crippen LogP) is 1.81. The van der Waals surface area contributed by atoms with Crippen molar-refractivity contribution in [2.45, 2.75) is 24.9 Å². The molecule has 0 saturated carbocycles. The molecular formula is C4H2F6O2. The molecule has 0 amide bonds. The highest BCUT2D eigenvalue weighted by Crippen LogP contribution is 2.43. The van der Waals surface area contributed by atoms with Crippen LogP contribution in [0.25, 0.3) is 0 Å². The fourth-order valence-electron chi connectivity index (χ4n) is 0.558. The molecule has 0 aromatic rings. The zero-order valence-corrected chi connectivity index (χ0v) is 5.24. The Labute approximate surface area is 62.0 Å². The zero-order chi connectivity index (χ0) is 9.57. The zero-order valence-electron chi connectivity index (χ0n) is 5.24. The molecule has 0 aromatic carbocycles. The van der Waals surface area contributed by atoms with Crippen molar-refractivity contribution in [3.05, 3.63) is 0 Å². The summed E-state index contributed by atoms with van der Waals surface area (Å²) < 4.78 is 76.6. The molecule has 3 atom stereocenters. The fraction of sp³-hybridized carbons (Fsp3) is 1.00. The second-order valence-electron chi connectivity index (χ2n) is 1.97. The van der Waals surface area contributed by atoms with E-state index < -0.39 is 24.9 Å². The molecule has 12 heavy (non-hydrogen) atoms. The normalized spacial score (nSPS) is 43.5. The molecule has 0 aliphatic carbocycles. The highest BCUT2D eigenvalue weighted by atomic mass is 19.4. The molecule has 0 spiro atoms. The van der Waals surface area contributed by atoms with Crippen LogP contribution >= 0.6 is 0 Å². The van der Waals surface area contributed by atoms with Gasteiger partial charge in [-0.15, -0.1) is 0 Å². The van der Waals surface area contributed by atoms with Gasteiger partial charge in [-0.2, -0.15) is 17.6 Å². The Balaban J connectivity index is 2.77. The van der Waals surface area contributed by atoms with Gasteiger partial charge in [-0.25, -0.2) is 8.78 Å². The van der Waals surface area contributed by atoms with Crippen LogP contribution in [0.3, 0.4) is 0 Å². The molecule has 1 fully saturated rings. The van der Waals surface area contributed by atoms with Crippen LogP contribution in [-0.4, -0.2) is 24.9 Å². The third-order valence-corrected chi connectivity index (χ3v) is 1.07. The summed E-state index contributed by atoms with van der Waals surface area (Å²) in [7, 11) is 0. The molecule has 0 radical (unpaired) electrons. The van der Waals surface area contributed by atoms with Gasteiger partial charge in [0.25, 0.3) is 12.7 Å². The second-order valence-corrected chi connectivity index (χ2v) is 1.97. The Morgan fingerprint density at radius 1 is 1.00 bits per heavy atom. The first-order chi connectivity index (χ1) is 5.26. The predicted molar refractivity (Wildman–Crippen MR) is 21.9 cm³/mol. The molecule has 0 N–H and O–H groups in total. The minimum Gasteiger partial charge on any atom is -0.276 e. The SMILES string of the molecule is F[C@@H]1OC(F)(C(F)(F)F)O[C@@H]1F. The van der Waals surface area contributed by atoms with Crippen LogP contribution in [0.1, 0.15) is 0 Å². The molecule has 8 heteroatoms. The number of alkyl halides is 6. The molecule has 0 bridgehead atoms. The molecular weight excluding hydrogens is 194 g/mol. The smallest absolute Gasteiger partial charge is 0.276 e. The Hall–Kier alpha value is -0.500. The average molecular weight is 196 g/mol. The molecule has 1 saturated heterocycles. The highest BCUT2D eigenvalue weighted by Gasteiger charge is 2.67. The summed E-state index contributed by atoms with van der Waals surface area (Å²) in [5.74, 6) is 0. The van der Waals surface area contributed by atoms with Crippen LogP contribution < -0.4 is 0 Å². The van der Waals surface area contributed by atoms with E-state index in [-0.39, 0.29) is 0 Å². The first-order valence-corrected chi connectivity index (χ1v) is 2.66. The lowest BCUT2D eigenvalue weighted by molar-refractivity contribution is -0.416. The maximum Gasteiger partial charge on any atom is 0.478 e. The first-order valence-electron chi connectivity index (χ1n) is 2.66. The number of hydrogen-bond donors (Lipinski definition) is 0. The van der Waals surface area contributed by atoms with E-state index in [1.54, 1.807) is 0 Å². The number of rotatable bonds is 0. The van der Waals surface area contributed by atoms with E-state index in [1.165, 1.54) is 0 Å². The quantitative estimate of drug-likeness (QED) is 0.550. The monoisotopic (exact) mass is 196 g/mol. The van der Waals surface area contributed by atoms with Crippen LogP contribution in [0.15, 0.2) is 0 Å². The summed E-state index contributed by atoms with van der Waals surface area (Å²) in [6.45, 7) is 0. The summed E-state index contributed by atoms with van der Waals surface area (Å²) in [5.41, 5.74) is 0. The van der Waals surface area contributed by atoms with Crippen molar-refractivity contribution in [2.75, 3.05) is 0 Å². The Kier molecular flexibility index (Phi) is 1.99. The van der Waals surface area contributed by atoms with E-state index in [4.69, 9.17) is 0 Å². The lowest BCUT2D eigenvalue weighted by atomic mass is 10.6. The van der Waals surface area contributed by atoms with Crippen molar-refractivity contribution in [1.29, 1.82) is 0 Å². The minimum absolute atomic E-state index is 2.97. The molecule has 1 heterocycles. The summed E-state index contributed by atoms with van der Waals surface area (Å²) in [6.07, 6.45) is -11.7. The Morgan fingerprint density at radius 2 is 1.33 bits per heavy atom. The summed E-state index contributed by atoms with van der Waals surface area (Å²) in [6, 6.07) is -4.67. The molecule has 72 valence electrons. The average Bonchev–Trinajstić information content (AvgIpc) is 2.06. The van der Waals surface area contributed by atoms with Crippen LogP contribution in [0.2, 0.25) is 0 Å². The molecule has 1 rings (SSSR count). The van der Waals surface area contributed by atoms with Gasteiger partial charge >= 0.3 is 12.2 Å². The van der Waals surface area contributed by atoms with Gasteiger partial charge in [-0.05, 0) is 0 Å². The van der Waals surface area contributed by atoms with Crippen LogP contribution in [0.5, 0.6) is 0 Å². The van der Waals surface area contributed by atoms with Crippen LogP contribution in [-0.2, 0) is 9.47 Å². The van der Waals surface area contributed by atoms with Gasteiger partial charge in [0.1, 0.15) is 0 Å². The number of ether oxygens (including phenoxy) is 2. The van der Waals surface area contributed by atoms with E-state index in [0.29, 0.717) is 0 Å². The van der Waals surface area contributed by atoms with Crippen molar-refractivity contribution in [2.24, 2.45) is 0 Å². The minimum atomic E-state index is -5.61. The molecule has 2 nitrogen and oxygen atoms in total. The molecule has 1 aliphatic rings. The first kappa shape index (κ1) is 9.59. The van der Waals surface area contributed by atoms with Gasteiger partial charge in [-0.1, -0.05) is 0 Å². The van der Waals surface area contributed by atoms with Crippen molar-refractivity contribution in [1.82, 2.24) is 0 Å². The number of halogens is 6. The van der Waals surface area contributed by atoms with Gasteiger partial charge in [0.2, 0.25) is 0 Å². The van der Waals surface area contributed by atoms with Gasteiger partial charge in [0.05, 0.1) is 0 Å². The van der Waals surface area contributed by atoms with Crippen LogP contribution in [0, 0.1) is 0 Å². The maximum atomic E-state index is 12.3. The van der Waals surface area contributed by atoms with E-state index in [1.807, 2.05) is 0 Å². The fourth-order valence-corrected chi connectivity index (χ4v) is 0.558. The Bertz CT molecular complexity index is 169. The third-order valence-electron chi connectivity index (χ3n) is 1.07. The standard InChI is InChI=1S/C4H2F6O2/c5-1-2(6)12-4(10,11-1)3(7,8)9/h1-2H/t1-,2+,4?. The van der Waals surface area contributed by atoms with Gasteiger partial charge in [0.15, 0.2) is 0 Å². The molecule has 1 unspecified atom stereocenters. The van der Waals surface area contributed by atoms with Crippen LogP contribution in [0.4, 0.5) is 26.3 Å². The highest BCUT2D eigenvalue weighted by molar-refractivity contribution is 4.74. The topological polar surface area (TPSA) is 18.5 Å². The lowest BCUT2D eigenvalue weighted by Gasteiger charge is -2.19. The van der Waals surface area contributed by atoms with Crippen molar-refractivity contribution >= 4 is 0 Å². The third kappa shape index (κ3) is 1.36. The van der Waals surface area contributed by atoms with E-state index in [0.717, 1.165) is 0 Å². The van der Waals surface area contributed by atoms with Gasteiger partial charge in [-0.3, -0.25) is 9.47 Å². The molecule has 0 aromatic heterocycles.